The maximum atomic E-state index is 13.7. The summed E-state index contributed by atoms with van der Waals surface area (Å²) in [5, 5.41) is 4.77. The predicted octanol–water partition coefficient (Wildman–Crippen LogP) is 5.64. The number of fused-ring (bicyclic) bond motifs is 1. The van der Waals surface area contributed by atoms with Gasteiger partial charge in [0.15, 0.2) is 0 Å². The maximum absolute atomic E-state index is 13.7. The molecule has 0 atom stereocenters. The lowest BCUT2D eigenvalue weighted by Gasteiger charge is -2.09. The van der Waals surface area contributed by atoms with Crippen LogP contribution in [0.2, 0.25) is 0 Å². The third kappa shape index (κ3) is 5.37. The molecule has 0 bridgehead atoms. The monoisotopic (exact) mass is 410 g/mol. The highest BCUT2D eigenvalue weighted by Gasteiger charge is 2.04. The fraction of sp³-hybridized carbons (Fsp3) is 0.167. The second kappa shape index (κ2) is 10.1. The average Bonchev–Trinajstić information content (AvgIpc) is 3.14. The zero-order chi connectivity index (χ0) is 19.2. The Labute approximate surface area is 176 Å². The molecule has 0 fully saturated rings. The van der Waals surface area contributed by atoms with Crippen LogP contribution in [0.1, 0.15) is 16.7 Å². The highest BCUT2D eigenvalue weighted by atomic mass is 35.5. The van der Waals surface area contributed by atoms with E-state index < -0.39 is 0 Å². The second-order valence-corrected chi connectivity index (χ2v) is 6.81. The van der Waals surface area contributed by atoms with Crippen LogP contribution in [0.15, 0.2) is 79.0 Å². The van der Waals surface area contributed by atoms with Gasteiger partial charge >= 0.3 is 0 Å². The van der Waals surface area contributed by atoms with Crippen molar-refractivity contribution in [2.45, 2.75) is 19.6 Å². The van der Waals surface area contributed by atoms with E-state index in [0.717, 1.165) is 30.8 Å². The number of aromatic amines is 1. The molecule has 2 N–H and O–H groups in total. The standard InChI is InChI=1S/C24H23FN2O.ClH/c25-23-10-3-1-7-20(23)17-28-21-8-5-6-18(14-21)15-26-13-12-19-16-27-24-11-4-2-9-22(19)24;/h1-11,14,16,26-27H,12-13,15,17H2;1H. The molecule has 5 heteroatoms. The number of benzene rings is 3. The molecule has 4 aromatic rings. The highest BCUT2D eigenvalue weighted by Crippen LogP contribution is 2.18. The van der Waals surface area contributed by atoms with Gasteiger partial charge in [0.2, 0.25) is 0 Å². The van der Waals surface area contributed by atoms with E-state index >= 15 is 0 Å². The van der Waals surface area contributed by atoms with Crippen molar-refractivity contribution in [3.63, 3.8) is 0 Å². The summed E-state index contributed by atoms with van der Waals surface area (Å²) in [5.74, 6) is 0.511. The molecule has 0 spiro atoms. The fourth-order valence-corrected chi connectivity index (χ4v) is 3.32. The number of ether oxygens (including phenoxy) is 1. The first-order chi connectivity index (χ1) is 13.8. The first kappa shape index (κ1) is 20.9. The number of hydrogen-bond acceptors (Lipinski definition) is 2. The molecule has 1 heterocycles. The van der Waals surface area contributed by atoms with E-state index in [2.05, 4.69) is 40.8 Å². The van der Waals surface area contributed by atoms with E-state index in [9.17, 15) is 4.39 Å². The smallest absolute Gasteiger partial charge is 0.129 e. The lowest BCUT2D eigenvalue weighted by molar-refractivity contribution is 0.299. The summed E-state index contributed by atoms with van der Waals surface area (Å²) in [6, 6.07) is 23.0. The summed E-state index contributed by atoms with van der Waals surface area (Å²) in [4.78, 5) is 3.31. The molecule has 0 amide bonds. The van der Waals surface area contributed by atoms with Gasteiger partial charge in [0, 0.05) is 29.2 Å². The summed E-state index contributed by atoms with van der Waals surface area (Å²) < 4.78 is 19.5. The first-order valence-electron chi connectivity index (χ1n) is 9.50. The van der Waals surface area contributed by atoms with Crippen LogP contribution in [-0.2, 0) is 19.6 Å². The highest BCUT2D eigenvalue weighted by molar-refractivity contribution is 5.85. The van der Waals surface area contributed by atoms with E-state index in [4.69, 9.17) is 4.74 Å². The van der Waals surface area contributed by atoms with Gasteiger partial charge in [0.05, 0.1) is 0 Å². The summed E-state index contributed by atoms with van der Waals surface area (Å²) in [6.45, 7) is 1.88. The number of H-pyrrole nitrogens is 1. The third-order valence-corrected chi connectivity index (χ3v) is 4.83. The topological polar surface area (TPSA) is 37.0 Å². The van der Waals surface area contributed by atoms with Crippen molar-refractivity contribution in [3.05, 3.63) is 102 Å². The van der Waals surface area contributed by atoms with Crippen molar-refractivity contribution in [3.8, 4) is 5.75 Å². The minimum Gasteiger partial charge on any atom is -0.489 e. The van der Waals surface area contributed by atoms with E-state index in [-0.39, 0.29) is 24.8 Å². The van der Waals surface area contributed by atoms with Crippen LogP contribution in [0.3, 0.4) is 0 Å². The van der Waals surface area contributed by atoms with E-state index in [1.165, 1.54) is 22.5 Å². The number of nitrogens with one attached hydrogen (secondary N) is 2. The Morgan fingerprint density at radius 1 is 0.897 bits per heavy atom. The van der Waals surface area contributed by atoms with Gasteiger partial charge in [-0.05, 0) is 48.4 Å². The van der Waals surface area contributed by atoms with Gasteiger partial charge in [-0.25, -0.2) is 4.39 Å². The minimum atomic E-state index is -0.238. The SMILES string of the molecule is Cl.Fc1ccccc1COc1cccc(CNCCc2c[nH]c3ccccc23)c1. The van der Waals surface area contributed by atoms with Crippen molar-refractivity contribution in [1.82, 2.24) is 10.3 Å². The number of halogens is 2. The molecule has 0 saturated heterocycles. The largest absolute Gasteiger partial charge is 0.489 e. The molecule has 150 valence electrons. The minimum absolute atomic E-state index is 0. The lowest BCUT2D eigenvalue weighted by Crippen LogP contribution is -2.16. The number of hydrogen-bond donors (Lipinski definition) is 2. The van der Waals surface area contributed by atoms with Gasteiger partial charge in [-0.2, -0.15) is 0 Å². The predicted molar refractivity (Wildman–Crippen MR) is 118 cm³/mol. The zero-order valence-corrected chi connectivity index (χ0v) is 16.8. The van der Waals surface area contributed by atoms with E-state index in [1.54, 1.807) is 12.1 Å². The molecular formula is C24H24ClFN2O. The zero-order valence-electron chi connectivity index (χ0n) is 16.0. The molecule has 3 nitrogen and oxygen atoms in total. The molecule has 1 aromatic heterocycles. The Morgan fingerprint density at radius 3 is 2.62 bits per heavy atom. The van der Waals surface area contributed by atoms with E-state index in [0.29, 0.717) is 5.56 Å². The van der Waals surface area contributed by atoms with Crippen molar-refractivity contribution in [2.24, 2.45) is 0 Å². The number of aromatic nitrogens is 1. The van der Waals surface area contributed by atoms with Gasteiger partial charge in [-0.15, -0.1) is 12.4 Å². The van der Waals surface area contributed by atoms with Crippen LogP contribution in [-0.4, -0.2) is 11.5 Å². The molecular weight excluding hydrogens is 387 g/mol. The van der Waals surface area contributed by atoms with Gasteiger partial charge < -0.3 is 15.0 Å². The summed E-state index contributed by atoms with van der Waals surface area (Å²) in [7, 11) is 0. The quantitative estimate of drug-likeness (QED) is 0.369. The molecule has 0 aliphatic heterocycles. The van der Waals surface area contributed by atoms with Gasteiger partial charge in [0.1, 0.15) is 18.2 Å². The van der Waals surface area contributed by atoms with Crippen LogP contribution < -0.4 is 10.1 Å². The average molecular weight is 411 g/mol. The molecule has 0 unspecified atom stereocenters. The molecule has 0 radical (unpaired) electrons. The van der Waals surface area contributed by atoms with Crippen LogP contribution in [0, 0.1) is 5.82 Å². The normalized spacial score (nSPS) is 10.7. The van der Waals surface area contributed by atoms with Crippen molar-refractivity contribution >= 4 is 23.3 Å². The number of para-hydroxylation sites is 1. The Morgan fingerprint density at radius 2 is 1.72 bits per heavy atom. The Bertz CT molecular complexity index is 1060. The molecule has 4 rings (SSSR count). The molecule has 3 aromatic carbocycles. The Kier molecular flexibility index (Phi) is 7.28. The van der Waals surface area contributed by atoms with Crippen molar-refractivity contribution < 1.29 is 9.13 Å². The van der Waals surface area contributed by atoms with Gasteiger partial charge in [0.25, 0.3) is 0 Å². The van der Waals surface area contributed by atoms with Crippen LogP contribution >= 0.6 is 12.4 Å². The van der Waals surface area contributed by atoms with Crippen LogP contribution in [0.25, 0.3) is 10.9 Å². The third-order valence-electron chi connectivity index (χ3n) is 4.83. The molecule has 29 heavy (non-hydrogen) atoms. The molecule has 0 aliphatic carbocycles. The van der Waals surface area contributed by atoms with Gasteiger partial charge in [-0.1, -0.05) is 48.5 Å². The summed E-state index contributed by atoms with van der Waals surface area (Å²) >= 11 is 0. The lowest BCUT2D eigenvalue weighted by atomic mass is 10.1. The molecule has 0 saturated carbocycles. The summed E-state index contributed by atoms with van der Waals surface area (Å²) in [5.41, 5.74) is 4.21. The van der Waals surface area contributed by atoms with Crippen molar-refractivity contribution in [2.75, 3.05) is 6.54 Å². The maximum Gasteiger partial charge on any atom is 0.129 e. The van der Waals surface area contributed by atoms with Crippen molar-refractivity contribution in [1.29, 1.82) is 0 Å². The van der Waals surface area contributed by atoms with E-state index in [1.807, 2.05) is 30.3 Å². The molecule has 0 aliphatic rings. The van der Waals surface area contributed by atoms with Crippen LogP contribution in [0.5, 0.6) is 5.75 Å². The number of rotatable bonds is 8. The Hall–Kier alpha value is -2.82. The Balaban J connectivity index is 0.00000240. The van der Waals surface area contributed by atoms with Crippen LogP contribution in [0.4, 0.5) is 4.39 Å². The first-order valence-corrected chi connectivity index (χ1v) is 9.50. The fourth-order valence-electron chi connectivity index (χ4n) is 3.32. The van der Waals surface area contributed by atoms with Gasteiger partial charge in [-0.3, -0.25) is 0 Å². The summed E-state index contributed by atoms with van der Waals surface area (Å²) in [6.07, 6.45) is 3.05. The second-order valence-electron chi connectivity index (χ2n) is 6.81.